The third kappa shape index (κ3) is 2.97. The van der Waals surface area contributed by atoms with Crippen LogP contribution in [0, 0.1) is 0 Å². The SMILES string of the molecule is CN(c1cc(NC2CCCC2)ncn1)C1CCNC1. The van der Waals surface area contributed by atoms with Crippen molar-refractivity contribution in [1.82, 2.24) is 15.3 Å². The summed E-state index contributed by atoms with van der Waals surface area (Å²) in [6, 6.07) is 3.23. The molecule has 1 aliphatic carbocycles. The van der Waals surface area contributed by atoms with E-state index in [0.717, 1.165) is 24.7 Å². The standard InChI is InChI=1S/C14H23N5/c1-19(12-6-7-15-9-12)14-8-13(16-10-17-14)18-11-4-2-3-5-11/h8,10-12,15H,2-7,9H2,1H3,(H,16,17,18). The first kappa shape index (κ1) is 12.7. The molecular weight excluding hydrogens is 238 g/mol. The second kappa shape index (κ2) is 5.74. The van der Waals surface area contributed by atoms with Gasteiger partial charge in [-0.15, -0.1) is 0 Å². The predicted molar refractivity (Wildman–Crippen MR) is 77.6 cm³/mol. The molecule has 104 valence electrons. The number of rotatable bonds is 4. The second-order valence-corrected chi connectivity index (χ2v) is 5.64. The highest BCUT2D eigenvalue weighted by Gasteiger charge is 2.21. The van der Waals surface area contributed by atoms with Crippen molar-refractivity contribution in [2.24, 2.45) is 0 Å². The molecule has 5 nitrogen and oxygen atoms in total. The van der Waals surface area contributed by atoms with E-state index < -0.39 is 0 Å². The smallest absolute Gasteiger partial charge is 0.134 e. The molecule has 1 aromatic heterocycles. The number of nitrogens with one attached hydrogen (secondary N) is 2. The molecule has 2 N–H and O–H groups in total. The summed E-state index contributed by atoms with van der Waals surface area (Å²) < 4.78 is 0. The summed E-state index contributed by atoms with van der Waals surface area (Å²) in [7, 11) is 2.12. The van der Waals surface area contributed by atoms with Gasteiger partial charge in [0.25, 0.3) is 0 Å². The predicted octanol–water partition coefficient (Wildman–Crippen LogP) is 1.63. The van der Waals surface area contributed by atoms with E-state index in [9.17, 15) is 0 Å². The molecule has 0 radical (unpaired) electrons. The van der Waals surface area contributed by atoms with Gasteiger partial charge in [-0.25, -0.2) is 9.97 Å². The maximum absolute atomic E-state index is 4.41. The third-order valence-electron chi connectivity index (χ3n) is 4.30. The third-order valence-corrected chi connectivity index (χ3v) is 4.30. The van der Waals surface area contributed by atoms with E-state index in [1.165, 1.54) is 32.1 Å². The van der Waals surface area contributed by atoms with Gasteiger partial charge < -0.3 is 15.5 Å². The highest BCUT2D eigenvalue weighted by atomic mass is 15.2. The Labute approximate surface area is 114 Å². The molecule has 3 rings (SSSR count). The Morgan fingerprint density at radius 1 is 1.26 bits per heavy atom. The Kier molecular flexibility index (Phi) is 3.82. The van der Waals surface area contributed by atoms with E-state index in [0.29, 0.717) is 12.1 Å². The Morgan fingerprint density at radius 3 is 2.84 bits per heavy atom. The average Bonchev–Trinajstić information content (AvgIpc) is 3.11. The van der Waals surface area contributed by atoms with E-state index in [1.807, 2.05) is 0 Å². The van der Waals surface area contributed by atoms with Gasteiger partial charge >= 0.3 is 0 Å². The van der Waals surface area contributed by atoms with Crippen molar-refractivity contribution in [3.63, 3.8) is 0 Å². The largest absolute Gasteiger partial charge is 0.367 e. The van der Waals surface area contributed by atoms with Gasteiger partial charge in [-0.05, 0) is 25.8 Å². The zero-order valence-electron chi connectivity index (χ0n) is 11.6. The molecule has 0 amide bonds. The molecule has 1 atom stereocenters. The fraction of sp³-hybridized carbons (Fsp3) is 0.714. The first-order valence-electron chi connectivity index (χ1n) is 7.35. The lowest BCUT2D eigenvalue weighted by atomic mass is 10.2. The molecule has 1 unspecified atom stereocenters. The topological polar surface area (TPSA) is 53.1 Å². The summed E-state index contributed by atoms with van der Waals surface area (Å²) in [5.74, 6) is 1.99. The van der Waals surface area contributed by atoms with Crippen molar-refractivity contribution >= 4 is 11.6 Å². The quantitative estimate of drug-likeness (QED) is 0.863. The average molecular weight is 261 g/mol. The highest BCUT2D eigenvalue weighted by Crippen LogP contribution is 2.23. The van der Waals surface area contributed by atoms with Crippen LogP contribution in [0.2, 0.25) is 0 Å². The summed E-state index contributed by atoms with van der Waals surface area (Å²) in [5, 5.41) is 6.93. The summed E-state index contributed by atoms with van der Waals surface area (Å²) in [6.07, 6.45) is 8.06. The van der Waals surface area contributed by atoms with Crippen LogP contribution in [-0.2, 0) is 0 Å². The minimum atomic E-state index is 0.550. The Morgan fingerprint density at radius 2 is 2.11 bits per heavy atom. The number of nitrogens with zero attached hydrogens (tertiary/aromatic N) is 3. The first-order chi connectivity index (χ1) is 9.33. The van der Waals surface area contributed by atoms with Crippen LogP contribution < -0.4 is 15.5 Å². The van der Waals surface area contributed by atoms with Crippen LogP contribution in [-0.4, -0.2) is 42.2 Å². The van der Waals surface area contributed by atoms with Gasteiger partial charge in [0, 0.05) is 31.7 Å². The minimum Gasteiger partial charge on any atom is -0.367 e. The zero-order chi connectivity index (χ0) is 13.1. The van der Waals surface area contributed by atoms with Gasteiger partial charge in [-0.3, -0.25) is 0 Å². The van der Waals surface area contributed by atoms with Crippen molar-refractivity contribution in [3.8, 4) is 0 Å². The zero-order valence-corrected chi connectivity index (χ0v) is 11.6. The molecule has 1 saturated heterocycles. The van der Waals surface area contributed by atoms with Crippen molar-refractivity contribution in [3.05, 3.63) is 12.4 Å². The van der Waals surface area contributed by atoms with Crippen LogP contribution in [0.1, 0.15) is 32.1 Å². The number of aromatic nitrogens is 2. The molecule has 0 spiro atoms. The van der Waals surface area contributed by atoms with Crippen LogP contribution in [0.15, 0.2) is 12.4 Å². The fourth-order valence-electron chi connectivity index (χ4n) is 3.06. The van der Waals surface area contributed by atoms with Gasteiger partial charge in [0.1, 0.15) is 18.0 Å². The van der Waals surface area contributed by atoms with Crippen molar-refractivity contribution in [1.29, 1.82) is 0 Å². The van der Waals surface area contributed by atoms with Crippen molar-refractivity contribution in [2.45, 2.75) is 44.2 Å². The van der Waals surface area contributed by atoms with Crippen LogP contribution in [0.3, 0.4) is 0 Å². The first-order valence-corrected chi connectivity index (χ1v) is 7.35. The van der Waals surface area contributed by atoms with Gasteiger partial charge in [0.2, 0.25) is 0 Å². The molecule has 0 bridgehead atoms. The molecular formula is C14H23N5. The summed E-state index contributed by atoms with van der Waals surface area (Å²) in [4.78, 5) is 11.0. The Bertz CT molecular complexity index is 410. The van der Waals surface area contributed by atoms with Crippen LogP contribution in [0.5, 0.6) is 0 Å². The maximum atomic E-state index is 4.41. The lowest BCUT2D eigenvalue weighted by molar-refractivity contribution is 0.676. The molecule has 2 heterocycles. The molecule has 2 aliphatic rings. The van der Waals surface area contributed by atoms with Gasteiger partial charge in [-0.1, -0.05) is 12.8 Å². The van der Waals surface area contributed by atoms with Crippen molar-refractivity contribution in [2.75, 3.05) is 30.4 Å². The Hall–Kier alpha value is -1.36. The van der Waals surface area contributed by atoms with Gasteiger partial charge in [0.05, 0.1) is 0 Å². The molecule has 1 aliphatic heterocycles. The molecule has 5 heteroatoms. The van der Waals surface area contributed by atoms with Crippen LogP contribution in [0.25, 0.3) is 0 Å². The number of hydrogen-bond acceptors (Lipinski definition) is 5. The normalized spacial score (nSPS) is 23.7. The Balaban J connectivity index is 1.67. The van der Waals surface area contributed by atoms with E-state index in [1.54, 1.807) is 6.33 Å². The van der Waals surface area contributed by atoms with E-state index in [4.69, 9.17) is 0 Å². The molecule has 1 aromatic rings. The minimum absolute atomic E-state index is 0.550. The van der Waals surface area contributed by atoms with E-state index in [2.05, 4.69) is 38.6 Å². The fourth-order valence-corrected chi connectivity index (χ4v) is 3.06. The van der Waals surface area contributed by atoms with Crippen LogP contribution in [0.4, 0.5) is 11.6 Å². The molecule has 19 heavy (non-hydrogen) atoms. The summed E-state index contributed by atoms with van der Waals surface area (Å²) >= 11 is 0. The lowest BCUT2D eigenvalue weighted by Gasteiger charge is -2.25. The highest BCUT2D eigenvalue weighted by molar-refractivity contribution is 5.49. The van der Waals surface area contributed by atoms with Crippen molar-refractivity contribution < 1.29 is 0 Å². The molecule has 1 saturated carbocycles. The molecule has 0 aromatic carbocycles. The number of likely N-dealkylation sites (N-methyl/N-ethyl adjacent to an activating group) is 1. The summed E-state index contributed by atoms with van der Waals surface area (Å²) in [6.45, 7) is 2.15. The van der Waals surface area contributed by atoms with E-state index >= 15 is 0 Å². The second-order valence-electron chi connectivity index (χ2n) is 5.64. The number of hydrogen-bond donors (Lipinski definition) is 2. The number of anilines is 2. The summed E-state index contributed by atoms with van der Waals surface area (Å²) in [5.41, 5.74) is 0. The maximum Gasteiger partial charge on any atom is 0.134 e. The lowest BCUT2D eigenvalue weighted by Crippen LogP contribution is -2.34. The van der Waals surface area contributed by atoms with E-state index in [-0.39, 0.29) is 0 Å². The van der Waals surface area contributed by atoms with Crippen LogP contribution >= 0.6 is 0 Å². The van der Waals surface area contributed by atoms with Gasteiger partial charge in [0.15, 0.2) is 0 Å². The molecule has 2 fully saturated rings. The monoisotopic (exact) mass is 261 g/mol. The van der Waals surface area contributed by atoms with Gasteiger partial charge in [-0.2, -0.15) is 0 Å².